The van der Waals surface area contributed by atoms with Crippen molar-refractivity contribution in [3.05, 3.63) is 39.6 Å². The molecule has 2 aromatic rings. The zero-order chi connectivity index (χ0) is 14.1. The Labute approximate surface area is 132 Å². The van der Waals surface area contributed by atoms with Crippen LogP contribution in [0.1, 0.15) is 12.8 Å². The van der Waals surface area contributed by atoms with Crippen LogP contribution in [0.2, 0.25) is 15.3 Å². The monoisotopic (exact) mass is 327 g/mol. The standard InChI is InChI=1S/C14H12Cl3N3/c15-10-6-2-1-5-9(10)11-12(16)18-14(19-13(11)17)20-7-3-4-8-20/h1-2,5-6H,3-4,7-8H2. The fourth-order valence-corrected chi connectivity index (χ4v) is 3.15. The van der Waals surface area contributed by atoms with Gasteiger partial charge in [-0.3, -0.25) is 0 Å². The maximum absolute atomic E-state index is 6.30. The molecule has 1 aliphatic heterocycles. The number of benzene rings is 1. The van der Waals surface area contributed by atoms with Crippen molar-refractivity contribution in [2.45, 2.75) is 12.8 Å². The van der Waals surface area contributed by atoms with Crippen molar-refractivity contribution in [1.29, 1.82) is 0 Å². The van der Waals surface area contributed by atoms with Gasteiger partial charge in [-0.2, -0.15) is 0 Å². The highest BCUT2D eigenvalue weighted by molar-refractivity contribution is 6.40. The largest absolute Gasteiger partial charge is 0.341 e. The molecule has 0 N–H and O–H groups in total. The van der Waals surface area contributed by atoms with E-state index in [1.165, 1.54) is 0 Å². The third-order valence-electron chi connectivity index (χ3n) is 3.34. The van der Waals surface area contributed by atoms with Crippen molar-refractivity contribution in [1.82, 2.24) is 9.97 Å². The van der Waals surface area contributed by atoms with E-state index in [9.17, 15) is 0 Å². The van der Waals surface area contributed by atoms with Crippen molar-refractivity contribution in [3.8, 4) is 11.1 Å². The third-order valence-corrected chi connectivity index (χ3v) is 4.22. The average Bonchev–Trinajstić information content (AvgIpc) is 2.94. The van der Waals surface area contributed by atoms with Gasteiger partial charge in [-0.05, 0) is 18.9 Å². The van der Waals surface area contributed by atoms with Gasteiger partial charge in [-0.1, -0.05) is 53.0 Å². The van der Waals surface area contributed by atoms with E-state index in [0.717, 1.165) is 31.5 Å². The number of anilines is 1. The summed E-state index contributed by atoms with van der Waals surface area (Å²) in [6, 6.07) is 7.38. The molecule has 0 radical (unpaired) electrons. The first-order valence-corrected chi connectivity index (χ1v) is 7.53. The lowest BCUT2D eigenvalue weighted by atomic mass is 10.1. The van der Waals surface area contributed by atoms with Crippen molar-refractivity contribution in [3.63, 3.8) is 0 Å². The van der Waals surface area contributed by atoms with E-state index in [2.05, 4.69) is 14.9 Å². The van der Waals surface area contributed by atoms with E-state index in [1.807, 2.05) is 18.2 Å². The quantitative estimate of drug-likeness (QED) is 0.748. The highest BCUT2D eigenvalue weighted by atomic mass is 35.5. The van der Waals surface area contributed by atoms with Crippen LogP contribution in [0.25, 0.3) is 11.1 Å². The fraction of sp³-hybridized carbons (Fsp3) is 0.286. The first kappa shape index (κ1) is 13.9. The summed E-state index contributed by atoms with van der Waals surface area (Å²) >= 11 is 18.8. The molecule has 0 aliphatic carbocycles. The molecule has 3 rings (SSSR count). The molecule has 1 aromatic heterocycles. The van der Waals surface area contributed by atoms with Crippen LogP contribution in [0.15, 0.2) is 24.3 Å². The molecule has 1 saturated heterocycles. The second-order valence-corrected chi connectivity index (χ2v) is 5.78. The van der Waals surface area contributed by atoms with E-state index in [0.29, 0.717) is 26.8 Å². The van der Waals surface area contributed by atoms with Gasteiger partial charge in [0.1, 0.15) is 10.3 Å². The van der Waals surface area contributed by atoms with Crippen molar-refractivity contribution >= 4 is 40.8 Å². The maximum Gasteiger partial charge on any atom is 0.228 e. The van der Waals surface area contributed by atoms with Gasteiger partial charge in [0.15, 0.2) is 0 Å². The van der Waals surface area contributed by atoms with Gasteiger partial charge in [0, 0.05) is 23.7 Å². The summed E-state index contributed by atoms with van der Waals surface area (Å²) in [5.41, 5.74) is 1.33. The first-order valence-electron chi connectivity index (χ1n) is 6.39. The van der Waals surface area contributed by atoms with Gasteiger partial charge in [-0.15, -0.1) is 0 Å². The van der Waals surface area contributed by atoms with Gasteiger partial charge in [0.25, 0.3) is 0 Å². The van der Waals surface area contributed by atoms with Crippen molar-refractivity contribution in [2.24, 2.45) is 0 Å². The molecule has 0 saturated carbocycles. The average molecular weight is 329 g/mol. The zero-order valence-corrected chi connectivity index (χ0v) is 12.9. The Morgan fingerprint density at radius 1 is 0.900 bits per heavy atom. The Morgan fingerprint density at radius 3 is 2.10 bits per heavy atom. The van der Waals surface area contributed by atoms with E-state index in [4.69, 9.17) is 34.8 Å². The number of rotatable bonds is 2. The van der Waals surface area contributed by atoms with Crippen molar-refractivity contribution in [2.75, 3.05) is 18.0 Å². The molecule has 1 aliphatic rings. The molecule has 1 fully saturated rings. The van der Waals surface area contributed by atoms with Crippen molar-refractivity contribution < 1.29 is 0 Å². The van der Waals surface area contributed by atoms with Crippen LogP contribution >= 0.6 is 34.8 Å². The highest BCUT2D eigenvalue weighted by Crippen LogP contribution is 2.37. The predicted molar refractivity (Wildman–Crippen MR) is 83.9 cm³/mol. The van der Waals surface area contributed by atoms with E-state index < -0.39 is 0 Å². The van der Waals surface area contributed by atoms with Crippen LogP contribution in [-0.4, -0.2) is 23.1 Å². The van der Waals surface area contributed by atoms with Crippen LogP contribution in [0.5, 0.6) is 0 Å². The molecule has 0 unspecified atom stereocenters. The highest BCUT2D eigenvalue weighted by Gasteiger charge is 2.20. The minimum absolute atomic E-state index is 0.333. The number of hydrogen-bond acceptors (Lipinski definition) is 3. The molecule has 0 amide bonds. The Morgan fingerprint density at radius 2 is 1.50 bits per heavy atom. The minimum Gasteiger partial charge on any atom is -0.341 e. The van der Waals surface area contributed by atoms with Crippen LogP contribution < -0.4 is 4.90 Å². The van der Waals surface area contributed by atoms with Crippen LogP contribution in [0.3, 0.4) is 0 Å². The van der Waals surface area contributed by atoms with Gasteiger partial charge >= 0.3 is 0 Å². The maximum atomic E-state index is 6.30. The summed E-state index contributed by atoms with van der Waals surface area (Å²) < 4.78 is 0. The topological polar surface area (TPSA) is 29.0 Å². The second kappa shape index (κ2) is 5.76. The summed E-state index contributed by atoms with van der Waals surface area (Å²) in [5.74, 6) is 0.591. The Balaban J connectivity index is 2.07. The van der Waals surface area contributed by atoms with Gasteiger partial charge < -0.3 is 4.90 Å². The number of hydrogen-bond donors (Lipinski definition) is 0. The summed E-state index contributed by atoms with van der Waals surface area (Å²) in [6.45, 7) is 1.89. The van der Waals surface area contributed by atoms with Crippen LogP contribution in [0.4, 0.5) is 5.95 Å². The van der Waals surface area contributed by atoms with Crippen LogP contribution in [0, 0.1) is 0 Å². The SMILES string of the molecule is Clc1ccccc1-c1c(Cl)nc(N2CCCC2)nc1Cl. The summed E-state index contributed by atoms with van der Waals surface area (Å²) in [4.78, 5) is 10.8. The molecule has 0 bridgehead atoms. The van der Waals surface area contributed by atoms with Gasteiger partial charge in [0.2, 0.25) is 5.95 Å². The Hall–Kier alpha value is -1.03. The zero-order valence-electron chi connectivity index (χ0n) is 10.6. The van der Waals surface area contributed by atoms with E-state index >= 15 is 0 Å². The Kier molecular flexibility index (Phi) is 4.01. The van der Waals surface area contributed by atoms with E-state index in [-0.39, 0.29) is 0 Å². The Bertz CT molecular complexity index is 616. The molecular weight excluding hydrogens is 317 g/mol. The first-order chi connectivity index (χ1) is 9.66. The molecule has 20 heavy (non-hydrogen) atoms. The summed E-state index contributed by atoms with van der Waals surface area (Å²) in [7, 11) is 0. The fourth-order valence-electron chi connectivity index (χ4n) is 2.34. The minimum atomic E-state index is 0.333. The molecule has 1 aromatic carbocycles. The molecule has 2 heterocycles. The third kappa shape index (κ3) is 2.58. The number of nitrogens with zero attached hydrogens (tertiary/aromatic N) is 3. The summed E-state index contributed by atoms with van der Waals surface area (Å²) in [5, 5.41) is 1.24. The van der Waals surface area contributed by atoms with Gasteiger partial charge in [0.05, 0.1) is 5.56 Å². The molecule has 0 atom stereocenters. The lowest BCUT2D eigenvalue weighted by Gasteiger charge is -2.17. The molecule has 0 spiro atoms. The number of aromatic nitrogens is 2. The predicted octanol–water partition coefficient (Wildman–Crippen LogP) is 4.70. The molecule has 104 valence electrons. The normalized spacial score (nSPS) is 14.8. The number of halogens is 3. The molecular formula is C14H12Cl3N3. The summed E-state index contributed by atoms with van der Waals surface area (Å²) in [6.07, 6.45) is 2.29. The van der Waals surface area contributed by atoms with E-state index in [1.54, 1.807) is 6.07 Å². The lowest BCUT2D eigenvalue weighted by molar-refractivity contribution is 0.899. The smallest absolute Gasteiger partial charge is 0.228 e. The molecule has 3 nitrogen and oxygen atoms in total. The molecule has 6 heteroatoms. The second-order valence-electron chi connectivity index (χ2n) is 4.65. The van der Waals surface area contributed by atoms with Gasteiger partial charge in [-0.25, -0.2) is 9.97 Å². The lowest BCUT2D eigenvalue weighted by Crippen LogP contribution is -2.20. The van der Waals surface area contributed by atoms with Crippen LogP contribution in [-0.2, 0) is 0 Å².